The van der Waals surface area contributed by atoms with Crippen LogP contribution in [-0.2, 0) is 37.8 Å². The zero-order chi connectivity index (χ0) is 31.5. The molecule has 2 fully saturated rings. The van der Waals surface area contributed by atoms with Crippen molar-refractivity contribution < 1.29 is 31.1 Å². The fourth-order valence-electron chi connectivity index (χ4n) is 6.66. The van der Waals surface area contributed by atoms with Gasteiger partial charge in [-0.2, -0.15) is 4.31 Å². The zero-order valence-electron chi connectivity index (χ0n) is 24.6. The predicted octanol–water partition coefficient (Wildman–Crippen LogP) is 4.28. The Morgan fingerprint density at radius 1 is 1.00 bits per heavy atom. The minimum Gasteiger partial charge on any atom is -0.381 e. The molecule has 236 valence electrons. The molecule has 0 bridgehead atoms. The van der Waals surface area contributed by atoms with Gasteiger partial charge in [-0.1, -0.05) is 36.4 Å². The van der Waals surface area contributed by atoms with Crippen molar-refractivity contribution in [3.8, 4) is 0 Å². The van der Waals surface area contributed by atoms with Gasteiger partial charge in [-0.25, -0.2) is 21.6 Å². The lowest BCUT2D eigenvalue weighted by atomic mass is 9.67. The van der Waals surface area contributed by atoms with E-state index in [1.165, 1.54) is 22.5 Å². The van der Waals surface area contributed by atoms with Gasteiger partial charge in [-0.05, 0) is 79.6 Å². The number of halogens is 3. The van der Waals surface area contributed by atoms with Crippen LogP contribution in [0.4, 0.5) is 13.2 Å². The third-order valence-electron chi connectivity index (χ3n) is 9.06. The summed E-state index contributed by atoms with van der Waals surface area (Å²) in [6, 6.07) is 14.5. The molecule has 0 aromatic heterocycles. The molecule has 0 radical (unpaired) electrons. The predicted molar refractivity (Wildman–Crippen MR) is 161 cm³/mol. The number of benzene rings is 3. The van der Waals surface area contributed by atoms with Crippen LogP contribution in [0, 0.1) is 17.5 Å². The summed E-state index contributed by atoms with van der Waals surface area (Å²) in [5.41, 5.74) is 6.87. The molecule has 0 unspecified atom stereocenters. The highest BCUT2D eigenvalue weighted by Gasteiger charge is 2.44. The Morgan fingerprint density at radius 2 is 1.73 bits per heavy atom. The van der Waals surface area contributed by atoms with Crippen LogP contribution in [0.2, 0.25) is 0 Å². The second-order valence-corrected chi connectivity index (χ2v) is 13.6. The first-order chi connectivity index (χ1) is 21.0. The van der Waals surface area contributed by atoms with Crippen molar-refractivity contribution in [2.24, 2.45) is 5.73 Å². The molecule has 2 saturated heterocycles. The molecule has 11 heteroatoms. The van der Waals surface area contributed by atoms with E-state index >= 15 is 4.39 Å². The molecular formula is C33H38F3N3O4S. The average Bonchev–Trinajstić information content (AvgIpc) is 3.02. The Bertz CT molecular complexity index is 1580. The minimum atomic E-state index is -3.80. The maximum Gasteiger partial charge on any atom is 0.243 e. The standard InChI is InChI=1S/C33H38F3N3O4S/c1-22-20-38-21-25(39(22)44(41,42)26-7-3-2-4-8-26)11-12-27-23(6-5-9-28(27)34)18-31(40)32(37)33(14-16-43-17-15-33)24-10-13-29(35)30(36)19-24/h2-10,13,19,22,25,32,38H,11-12,14-18,20-21,37H2,1H3/t22-,25+,32-/m1/s1. The summed E-state index contributed by atoms with van der Waals surface area (Å²) in [5.74, 6) is -2.85. The van der Waals surface area contributed by atoms with Crippen molar-refractivity contribution in [1.29, 1.82) is 0 Å². The number of hydrogen-bond acceptors (Lipinski definition) is 6. The number of rotatable bonds is 10. The maximum atomic E-state index is 15.3. The first-order valence-corrected chi connectivity index (χ1v) is 16.4. The summed E-state index contributed by atoms with van der Waals surface area (Å²) in [6.07, 6.45) is 1.06. The van der Waals surface area contributed by atoms with E-state index in [0.717, 1.165) is 12.1 Å². The van der Waals surface area contributed by atoms with E-state index < -0.39 is 45.0 Å². The van der Waals surface area contributed by atoms with Gasteiger partial charge in [-0.15, -0.1) is 0 Å². The van der Waals surface area contributed by atoms with E-state index in [9.17, 15) is 22.0 Å². The minimum absolute atomic E-state index is 0.161. The Morgan fingerprint density at radius 3 is 2.43 bits per heavy atom. The highest BCUT2D eigenvalue weighted by Crippen LogP contribution is 2.39. The molecule has 0 spiro atoms. The molecule has 3 N–H and O–H groups in total. The monoisotopic (exact) mass is 629 g/mol. The Kier molecular flexibility index (Phi) is 9.91. The smallest absolute Gasteiger partial charge is 0.243 e. The van der Waals surface area contributed by atoms with Gasteiger partial charge < -0.3 is 15.8 Å². The van der Waals surface area contributed by atoms with Crippen molar-refractivity contribution in [2.75, 3.05) is 26.3 Å². The highest BCUT2D eigenvalue weighted by atomic mass is 32.2. The quantitative estimate of drug-likeness (QED) is 0.348. The van der Waals surface area contributed by atoms with E-state index in [-0.39, 0.29) is 29.6 Å². The van der Waals surface area contributed by atoms with Crippen LogP contribution in [0.1, 0.15) is 42.9 Å². The van der Waals surface area contributed by atoms with Crippen LogP contribution in [-0.4, -0.2) is 62.9 Å². The molecule has 44 heavy (non-hydrogen) atoms. The second-order valence-electron chi connectivity index (χ2n) is 11.7. The Hall–Kier alpha value is -3.09. The topological polar surface area (TPSA) is 102 Å². The fourth-order valence-corrected chi connectivity index (χ4v) is 8.53. The number of nitrogens with two attached hydrogens (primary N) is 1. The number of carbonyl (C=O) groups is 1. The van der Waals surface area contributed by atoms with Gasteiger partial charge in [0.1, 0.15) is 5.82 Å². The van der Waals surface area contributed by atoms with Gasteiger partial charge >= 0.3 is 0 Å². The van der Waals surface area contributed by atoms with Crippen molar-refractivity contribution in [3.63, 3.8) is 0 Å². The van der Waals surface area contributed by atoms with Gasteiger partial charge in [-0.3, -0.25) is 4.79 Å². The summed E-state index contributed by atoms with van der Waals surface area (Å²) < 4.78 is 77.6. The molecule has 3 aromatic carbocycles. The van der Waals surface area contributed by atoms with E-state index in [1.807, 2.05) is 6.92 Å². The maximum absolute atomic E-state index is 15.3. The number of piperazine rings is 1. The SMILES string of the molecule is C[C@@H]1CNC[C@H](CCc2c(F)cccc2CC(=O)[C@@H](N)C2(c3ccc(F)c(F)c3)CCOCC2)N1S(=O)(=O)c1ccccc1. The molecule has 0 aliphatic carbocycles. The van der Waals surface area contributed by atoms with Crippen molar-refractivity contribution in [1.82, 2.24) is 9.62 Å². The van der Waals surface area contributed by atoms with Crippen LogP contribution in [0.5, 0.6) is 0 Å². The first-order valence-electron chi connectivity index (χ1n) is 14.9. The molecule has 2 heterocycles. The summed E-state index contributed by atoms with van der Waals surface area (Å²) in [5, 5.41) is 3.28. The number of nitrogens with zero attached hydrogens (tertiary/aromatic N) is 1. The number of ether oxygens (including phenoxy) is 1. The van der Waals surface area contributed by atoms with E-state index in [0.29, 0.717) is 62.3 Å². The molecule has 7 nitrogen and oxygen atoms in total. The second kappa shape index (κ2) is 13.5. The van der Waals surface area contributed by atoms with Crippen molar-refractivity contribution >= 4 is 15.8 Å². The highest BCUT2D eigenvalue weighted by molar-refractivity contribution is 7.89. The van der Waals surface area contributed by atoms with E-state index in [1.54, 1.807) is 36.4 Å². The molecular weight excluding hydrogens is 591 g/mol. The van der Waals surface area contributed by atoms with Crippen LogP contribution in [0.3, 0.4) is 0 Å². The number of ketones is 1. The van der Waals surface area contributed by atoms with Gasteiger partial charge in [0.05, 0.1) is 10.9 Å². The normalized spacial score (nSPS) is 21.6. The third-order valence-corrected chi connectivity index (χ3v) is 11.1. The molecule has 3 atom stereocenters. The molecule has 0 saturated carbocycles. The summed E-state index contributed by atoms with van der Waals surface area (Å²) in [4.78, 5) is 13.9. The Labute approximate surface area is 256 Å². The summed E-state index contributed by atoms with van der Waals surface area (Å²) >= 11 is 0. The number of nitrogens with one attached hydrogen (secondary N) is 1. The van der Waals surface area contributed by atoms with Gasteiger partial charge in [0.25, 0.3) is 0 Å². The molecule has 2 aliphatic heterocycles. The largest absolute Gasteiger partial charge is 0.381 e. The van der Waals surface area contributed by atoms with Crippen molar-refractivity contribution in [3.05, 3.63) is 101 Å². The molecule has 2 aliphatic rings. The lowest BCUT2D eigenvalue weighted by Gasteiger charge is -2.41. The number of carbonyl (C=O) groups excluding carboxylic acids is 1. The lowest BCUT2D eigenvalue weighted by Crippen LogP contribution is -2.58. The van der Waals surface area contributed by atoms with Gasteiger partial charge in [0.15, 0.2) is 17.4 Å². The lowest BCUT2D eigenvalue weighted by molar-refractivity contribution is -0.122. The third kappa shape index (κ3) is 6.48. The van der Waals surface area contributed by atoms with E-state index in [2.05, 4.69) is 5.32 Å². The van der Waals surface area contributed by atoms with Crippen molar-refractivity contribution in [2.45, 2.75) is 67.5 Å². The average molecular weight is 630 g/mol. The van der Waals surface area contributed by atoms with E-state index in [4.69, 9.17) is 10.5 Å². The van der Waals surface area contributed by atoms with Crippen LogP contribution in [0.25, 0.3) is 0 Å². The number of sulfonamides is 1. The number of Topliss-reactive ketones (excluding diaryl/α,β-unsaturated/α-hetero) is 1. The molecule has 0 amide bonds. The number of hydrogen-bond donors (Lipinski definition) is 2. The van der Waals surface area contributed by atoms with Crippen LogP contribution in [0.15, 0.2) is 71.6 Å². The zero-order valence-corrected chi connectivity index (χ0v) is 25.5. The van der Waals surface area contributed by atoms with Crippen LogP contribution < -0.4 is 11.1 Å². The summed E-state index contributed by atoms with van der Waals surface area (Å²) in [6.45, 7) is 3.35. The molecule has 5 rings (SSSR count). The summed E-state index contributed by atoms with van der Waals surface area (Å²) in [7, 11) is -3.80. The molecule has 3 aromatic rings. The van der Waals surface area contributed by atoms with Gasteiger partial charge in [0, 0.05) is 50.2 Å². The van der Waals surface area contributed by atoms with Crippen LogP contribution >= 0.6 is 0 Å². The first kappa shape index (κ1) is 32.3. The fraction of sp³-hybridized carbons (Fsp3) is 0.424. The van der Waals surface area contributed by atoms with Gasteiger partial charge in [0.2, 0.25) is 10.0 Å². The Balaban J connectivity index is 1.37.